The number of amides is 4. The predicted molar refractivity (Wildman–Crippen MR) is 107 cm³/mol. The Morgan fingerprint density at radius 1 is 0.931 bits per heavy atom. The van der Waals surface area contributed by atoms with Crippen LogP contribution < -0.4 is 5.32 Å². The van der Waals surface area contributed by atoms with Crippen molar-refractivity contribution in [3.63, 3.8) is 0 Å². The van der Waals surface area contributed by atoms with Gasteiger partial charge in [-0.3, -0.25) is 24.1 Å². The largest absolute Gasteiger partial charge is 0.339 e. The Morgan fingerprint density at radius 3 is 2.28 bits per heavy atom. The highest BCUT2D eigenvalue weighted by Crippen LogP contribution is 2.25. The quantitative estimate of drug-likeness (QED) is 0.814. The van der Waals surface area contributed by atoms with Crippen molar-refractivity contribution < 1.29 is 19.2 Å². The summed E-state index contributed by atoms with van der Waals surface area (Å²) in [5, 5.41) is 2.91. The Labute approximate surface area is 168 Å². The molecule has 0 bridgehead atoms. The van der Waals surface area contributed by atoms with E-state index in [9.17, 15) is 19.2 Å². The second-order valence-corrected chi connectivity index (χ2v) is 7.35. The zero-order chi connectivity index (χ0) is 20.5. The molecule has 1 fully saturated rings. The molecule has 7 nitrogen and oxygen atoms in total. The van der Waals surface area contributed by atoms with Crippen LogP contribution in [0.3, 0.4) is 0 Å². The van der Waals surface area contributed by atoms with Gasteiger partial charge in [-0.15, -0.1) is 0 Å². The average molecular weight is 391 g/mol. The summed E-state index contributed by atoms with van der Waals surface area (Å²) in [7, 11) is 1.43. The van der Waals surface area contributed by atoms with E-state index in [0.29, 0.717) is 37.1 Å². The monoisotopic (exact) mass is 391 g/mol. The Balaban J connectivity index is 1.39. The predicted octanol–water partition coefficient (Wildman–Crippen LogP) is 2.40. The molecule has 0 unspecified atom stereocenters. The fraction of sp³-hybridized carbons (Fsp3) is 0.273. The van der Waals surface area contributed by atoms with Crippen LogP contribution in [0.15, 0.2) is 48.5 Å². The van der Waals surface area contributed by atoms with Crippen molar-refractivity contribution >= 4 is 29.3 Å². The van der Waals surface area contributed by atoms with E-state index in [1.165, 1.54) is 19.2 Å². The minimum Gasteiger partial charge on any atom is -0.339 e. The number of nitrogens with one attached hydrogen (secondary N) is 1. The normalized spacial score (nSPS) is 16.7. The van der Waals surface area contributed by atoms with E-state index in [0.717, 1.165) is 10.6 Å². The number of carbonyl (C=O) groups is 4. The maximum atomic E-state index is 12.9. The van der Waals surface area contributed by atoms with Crippen molar-refractivity contribution in [2.24, 2.45) is 5.92 Å². The van der Waals surface area contributed by atoms with E-state index in [4.69, 9.17) is 0 Å². The highest BCUT2D eigenvalue weighted by molar-refractivity contribution is 6.21. The van der Waals surface area contributed by atoms with Gasteiger partial charge in [0.1, 0.15) is 0 Å². The molecule has 0 aromatic heterocycles. The number of fused-ring (bicyclic) bond motifs is 1. The Hall–Kier alpha value is -3.48. The number of imide groups is 1. The zero-order valence-electron chi connectivity index (χ0n) is 16.1. The number of nitrogens with zero attached hydrogens (tertiary/aromatic N) is 2. The first kappa shape index (κ1) is 18.9. The highest BCUT2D eigenvalue weighted by Gasteiger charge is 2.34. The van der Waals surface area contributed by atoms with Gasteiger partial charge in [0.15, 0.2) is 0 Å². The summed E-state index contributed by atoms with van der Waals surface area (Å²) in [5.74, 6) is -1.12. The fourth-order valence-electron chi connectivity index (χ4n) is 3.79. The van der Waals surface area contributed by atoms with Gasteiger partial charge >= 0.3 is 0 Å². The third kappa shape index (κ3) is 3.51. The van der Waals surface area contributed by atoms with Crippen LogP contribution in [-0.4, -0.2) is 53.6 Å². The van der Waals surface area contributed by atoms with E-state index in [1.807, 2.05) is 30.3 Å². The third-order valence-corrected chi connectivity index (χ3v) is 5.53. The molecule has 1 saturated heterocycles. The number of para-hydroxylation sites is 1. The lowest BCUT2D eigenvalue weighted by Crippen LogP contribution is -2.41. The van der Waals surface area contributed by atoms with E-state index >= 15 is 0 Å². The van der Waals surface area contributed by atoms with Crippen LogP contribution in [0.1, 0.15) is 43.9 Å². The van der Waals surface area contributed by atoms with Gasteiger partial charge in [-0.05, 0) is 43.2 Å². The Bertz CT molecular complexity index is 994. The van der Waals surface area contributed by atoms with Crippen LogP contribution >= 0.6 is 0 Å². The minimum atomic E-state index is -0.393. The molecule has 4 rings (SSSR count). The van der Waals surface area contributed by atoms with Crippen molar-refractivity contribution in [3.05, 3.63) is 65.2 Å². The molecule has 0 aliphatic carbocycles. The SMILES string of the molecule is CN1C(=O)c2ccc(C(=O)N3CCC(C(=O)Nc4ccccc4)CC3)cc2C1=O. The smallest absolute Gasteiger partial charge is 0.261 e. The first-order chi connectivity index (χ1) is 14.0. The second-order valence-electron chi connectivity index (χ2n) is 7.35. The van der Waals surface area contributed by atoms with Gasteiger partial charge in [0, 0.05) is 37.3 Å². The van der Waals surface area contributed by atoms with Gasteiger partial charge in [-0.1, -0.05) is 18.2 Å². The number of hydrogen-bond acceptors (Lipinski definition) is 4. The Kier molecular flexibility index (Phi) is 4.88. The van der Waals surface area contributed by atoms with Gasteiger partial charge < -0.3 is 10.2 Å². The molecule has 0 radical (unpaired) electrons. The molecule has 2 aliphatic heterocycles. The molecule has 1 N–H and O–H groups in total. The lowest BCUT2D eigenvalue weighted by Gasteiger charge is -2.31. The number of benzene rings is 2. The molecule has 2 aliphatic rings. The zero-order valence-corrected chi connectivity index (χ0v) is 16.1. The second kappa shape index (κ2) is 7.50. The van der Waals surface area contributed by atoms with Crippen LogP contribution in [0.25, 0.3) is 0 Å². The first-order valence-electron chi connectivity index (χ1n) is 9.57. The lowest BCUT2D eigenvalue weighted by atomic mass is 9.95. The maximum absolute atomic E-state index is 12.9. The summed E-state index contributed by atoms with van der Waals surface area (Å²) in [6.45, 7) is 0.936. The third-order valence-electron chi connectivity index (χ3n) is 5.53. The molecule has 2 heterocycles. The molecule has 4 amide bonds. The van der Waals surface area contributed by atoms with E-state index in [2.05, 4.69) is 5.32 Å². The summed E-state index contributed by atoms with van der Waals surface area (Å²) in [4.78, 5) is 52.2. The number of carbonyl (C=O) groups excluding carboxylic acids is 4. The van der Waals surface area contributed by atoms with Crippen molar-refractivity contribution in [2.75, 3.05) is 25.5 Å². The standard InChI is InChI=1S/C22H21N3O4/c1-24-21(28)17-8-7-15(13-18(17)22(24)29)20(27)25-11-9-14(10-12-25)19(26)23-16-5-3-2-4-6-16/h2-8,13-14H,9-12H2,1H3,(H,23,26). The number of anilines is 1. The topological polar surface area (TPSA) is 86.8 Å². The Morgan fingerprint density at radius 2 is 1.59 bits per heavy atom. The molecular weight excluding hydrogens is 370 g/mol. The minimum absolute atomic E-state index is 0.0343. The molecule has 2 aromatic rings. The van der Waals surface area contributed by atoms with Gasteiger partial charge in [-0.25, -0.2) is 0 Å². The van der Waals surface area contributed by atoms with Gasteiger partial charge in [0.05, 0.1) is 11.1 Å². The van der Waals surface area contributed by atoms with Crippen LogP contribution in [0, 0.1) is 5.92 Å². The maximum Gasteiger partial charge on any atom is 0.261 e. The number of hydrogen-bond donors (Lipinski definition) is 1. The van der Waals surface area contributed by atoms with Crippen molar-refractivity contribution in [3.8, 4) is 0 Å². The van der Waals surface area contributed by atoms with Gasteiger partial charge in [0.2, 0.25) is 5.91 Å². The summed E-state index contributed by atoms with van der Waals surface area (Å²) in [5.41, 5.74) is 1.73. The fourth-order valence-corrected chi connectivity index (χ4v) is 3.79. The molecule has 29 heavy (non-hydrogen) atoms. The molecule has 2 aromatic carbocycles. The average Bonchev–Trinajstić information content (AvgIpc) is 2.97. The van der Waals surface area contributed by atoms with Gasteiger partial charge in [-0.2, -0.15) is 0 Å². The van der Waals surface area contributed by atoms with Crippen LogP contribution in [-0.2, 0) is 4.79 Å². The summed E-state index contributed by atoms with van der Waals surface area (Å²) < 4.78 is 0. The number of rotatable bonds is 3. The van der Waals surface area contributed by atoms with Crippen LogP contribution in [0.2, 0.25) is 0 Å². The van der Waals surface area contributed by atoms with Crippen LogP contribution in [0.4, 0.5) is 5.69 Å². The summed E-state index contributed by atoms with van der Waals surface area (Å²) in [6, 6.07) is 13.9. The molecular formula is C22H21N3O4. The van der Waals surface area contributed by atoms with E-state index < -0.39 is 5.91 Å². The first-order valence-corrected chi connectivity index (χ1v) is 9.57. The van der Waals surface area contributed by atoms with E-state index in [-0.39, 0.29) is 29.2 Å². The molecule has 0 saturated carbocycles. The highest BCUT2D eigenvalue weighted by atomic mass is 16.2. The van der Waals surface area contributed by atoms with Crippen molar-refractivity contribution in [2.45, 2.75) is 12.8 Å². The molecule has 148 valence electrons. The van der Waals surface area contributed by atoms with Crippen molar-refractivity contribution in [1.29, 1.82) is 0 Å². The van der Waals surface area contributed by atoms with Crippen molar-refractivity contribution in [1.82, 2.24) is 9.80 Å². The number of piperidine rings is 1. The summed E-state index contributed by atoms with van der Waals surface area (Å²) in [6.07, 6.45) is 1.16. The van der Waals surface area contributed by atoms with E-state index in [1.54, 1.807) is 11.0 Å². The van der Waals surface area contributed by atoms with Crippen LogP contribution in [0.5, 0.6) is 0 Å². The molecule has 7 heteroatoms. The lowest BCUT2D eigenvalue weighted by molar-refractivity contribution is -0.121. The summed E-state index contributed by atoms with van der Waals surface area (Å²) >= 11 is 0. The van der Waals surface area contributed by atoms with Gasteiger partial charge in [0.25, 0.3) is 17.7 Å². The number of likely N-dealkylation sites (tertiary alicyclic amines) is 1. The molecule has 0 atom stereocenters. The molecule has 0 spiro atoms.